The van der Waals surface area contributed by atoms with Gasteiger partial charge in [-0.2, -0.15) is 0 Å². The van der Waals surface area contributed by atoms with E-state index in [2.05, 4.69) is 19.1 Å². The van der Waals surface area contributed by atoms with Crippen molar-refractivity contribution in [1.29, 1.82) is 0 Å². The number of ether oxygens (including phenoxy) is 1. The van der Waals surface area contributed by atoms with Gasteiger partial charge < -0.3 is 14.7 Å². The molecule has 5 heteroatoms. The number of nitrogens with two attached hydrogens (primary N) is 1. The lowest BCUT2D eigenvalue weighted by Gasteiger charge is -2.10. The van der Waals surface area contributed by atoms with E-state index >= 15 is 0 Å². The zero-order valence-electron chi connectivity index (χ0n) is 14.3. The number of ketones is 1. The Kier molecular flexibility index (Phi) is 5.34. The molecule has 1 aliphatic heterocycles. The van der Waals surface area contributed by atoms with E-state index in [0.717, 1.165) is 17.5 Å². The highest BCUT2D eigenvalue weighted by atomic mass is 32.2. The second-order valence-corrected chi connectivity index (χ2v) is 6.63. The Morgan fingerprint density at radius 2 is 1.80 bits per heavy atom. The molecule has 0 aromatic heterocycles. The van der Waals surface area contributed by atoms with Crippen molar-refractivity contribution in [2.45, 2.75) is 32.1 Å². The van der Waals surface area contributed by atoms with E-state index < -0.39 is 6.10 Å². The van der Waals surface area contributed by atoms with Crippen molar-refractivity contribution in [3.63, 3.8) is 0 Å². The fourth-order valence-electron chi connectivity index (χ4n) is 2.71. The maximum Gasteiger partial charge on any atom is 0.249 e. The Morgan fingerprint density at radius 3 is 2.48 bits per heavy atom. The van der Waals surface area contributed by atoms with E-state index in [1.807, 2.05) is 43.3 Å². The minimum atomic E-state index is -0.723. The third-order valence-electron chi connectivity index (χ3n) is 4.17. The summed E-state index contributed by atoms with van der Waals surface area (Å²) in [5.74, 6) is 0.553. The van der Waals surface area contributed by atoms with Gasteiger partial charge in [-0.15, -0.1) is 0 Å². The maximum atomic E-state index is 12.6. The van der Waals surface area contributed by atoms with Crippen molar-refractivity contribution in [3.05, 3.63) is 82.4 Å². The molecule has 1 heterocycles. The van der Waals surface area contributed by atoms with Crippen molar-refractivity contribution in [2.75, 3.05) is 0 Å². The molecule has 0 bridgehead atoms. The summed E-state index contributed by atoms with van der Waals surface area (Å²) in [4.78, 5) is 12.6. The van der Waals surface area contributed by atoms with Gasteiger partial charge in [0.1, 0.15) is 0 Å². The number of aryl methyl sites for hydroxylation is 2. The largest absolute Gasteiger partial charge is 0.460 e. The van der Waals surface area contributed by atoms with Crippen molar-refractivity contribution >= 4 is 17.8 Å². The zero-order valence-corrected chi connectivity index (χ0v) is 15.1. The van der Waals surface area contributed by atoms with Crippen LogP contribution in [-0.4, -0.2) is 5.78 Å². The number of carbonyl (C=O) groups excluding carboxylic acids is 1. The highest BCUT2D eigenvalue weighted by Gasteiger charge is 2.37. The van der Waals surface area contributed by atoms with Crippen LogP contribution in [0.5, 0.6) is 0 Å². The van der Waals surface area contributed by atoms with Gasteiger partial charge in [-0.05, 0) is 24.5 Å². The van der Waals surface area contributed by atoms with Crippen LogP contribution >= 0.6 is 12.0 Å². The van der Waals surface area contributed by atoms with Crippen molar-refractivity contribution < 1.29 is 13.7 Å². The second kappa shape index (κ2) is 7.66. The Balaban J connectivity index is 1.64. The third-order valence-corrected chi connectivity index (χ3v) is 4.88. The van der Waals surface area contributed by atoms with Gasteiger partial charge in [-0.1, -0.05) is 61.0 Å². The van der Waals surface area contributed by atoms with Crippen molar-refractivity contribution in [1.82, 2.24) is 0 Å². The molecule has 0 aliphatic carbocycles. The quantitative estimate of drug-likeness (QED) is 0.787. The van der Waals surface area contributed by atoms with Gasteiger partial charge in [0.25, 0.3) is 0 Å². The Hall–Kier alpha value is -2.40. The molecule has 1 unspecified atom stereocenters. The minimum absolute atomic E-state index is 0.0480. The van der Waals surface area contributed by atoms with Crippen LogP contribution in [0.4, 0.5) is 0 Å². The lowest BCUT2D eigenvalue weighted by Crippen LogP contribution is -2.10. The fourth-order valence-corrected chi connectivity index (χ4v) is 3.46. The fraction of sp³-hybridized carbons (Fsp3) is 0.250. The summed E-state index contributed by atoms with van der Waals surface area (Å²) in [6.45, 7) is 4.11. The summed E-state index contributed by atoms with van der Waals surface area (Å²) >= 11 is 1.20. The summed E-state index contributed by atoms with van der Waals surface area (Å²) in [5, 5.41) is 0. The van der Waals surface area contributed by atoms with Crippen LogP contribution < -0.4 is 5.73 Å². The van der Waals surface area contributed by atoms with Crippen LogP contribution in [0.15, 0.2) is 60.2 Å². The van der Waals surface area contributed by atoms with Crippen LogP contribution in [0.25, 0.3) is 0 Å². The number of carbonyl (C=O) groups is 1. The number of Topliss-reactive ketones (excluding diaryl/α,β-unsaturated/α-hetero) is 1. The molecule has 1 aliphatic rings. The van der Waals surface area contributed by atoms with Gasteiger partial charge >= 0.3 is 0 Å². The summed E-state index contributed by atoms with van der Waals surface area (Å²) in [7, 11) is 0. The molecule has 0 spiro atoms. The zero-order chi connectivity index (χ0) is 17.8. The Bertz CT molecular complexity index is 799. The molecule has 0 radical (unpaired) electrons. The summed E-state index contributed by atoms with van der Waals surface area (Å²) in [6.07, 6.45) is 0.234. The van der Waals surface area contributed by atoms with E-state index in [1.165, 1.54) is 23.2 Å². The third kappa shape index (κ3) is 3.82. The van der Waals surface area contributed by atoms with E-state index in [1.54, 1.807) is 0 Å². The van der Waals surface area contributed by atoms with Gasteiger partial charge in [-0.3, -0.25) is 4.79 Å². The highest BCUT2D eigenvalue weighted by molar-refractivity contribution is 7.94. The van der Waals surface area contributed by atoms with Gasteiger partial charge in [0, 0.05) is 5.56 Å². The Labute approximate surface area is 152 Å². The predicted molar refractivity (Wildman–Crippen MR) is 99.4 cm³/mol. The van der Waals surface area contributed by atoms with Crippen LogP contribution in [-0.2, 0) is 25.9 Å². The standard InChI is InChI=1S/C20H21NO3S/c1-3-14-6-4-5-7-16(14)12-25-24-19-17(22)18(23-20(19)21)15-10-8-13(2)9-11-15/h4-11,18H,3,12,21H2,1-2H3. The van der Waals surface area contributed by atoms with Crippen molar-refractivity contribution in [3.8, 4) is 0 Å². The number of rotatable bonds is 6. The summed E-state index contributed by atoms with van der Waals surface area (Å²) < 4.78 is 11.1. The summed E-state index contributed by atoms with van der Waals surface area (Å²) in [5.41, 5.74) is 10.2. The van der Waals surface area contributed by atoms with E-state index in [4.69, 9.17) is 14.7 Å². The normalized spacial score (nSPS) is 16.9. The second-order valence-electron chi connectivity index (χ2n) is 5.93. The lowest BCUT2D eigenvalue weighted by molar-refractivity contribution is -0.122. The topological polar surface area (TPSA) is 61.6 Å². The van der Waals surface area contributed by atoms with Gasteiger partial charge in [0.05, 0.1) is 17.8 Å². The van der Waals surface area contributed by atoms with Crippen molar-refractivity contribution in [2.24, 2.45) is 5.73 Å². The molecule has 0 amide bonds. The molecule has 130 valence electrons. The monoisotopic (exact) mass is 355 g/mol. The average molecular weight is 355 g/mol. The first-order chi connectivity index (χ1) is 12.1. The van der Waals surface area contributed by atoms with Gasteiger partial charge in [-0.25, -0.2) is 0 Å². The molecule has 2 aromatic rings. The molecule has 2 N–H and O–H groups in total. The number of hydrogen-bond donors (Lipinski definition) is 1. The molecule has 25 heavy (non-hydrogen) atoms. The average Bonchev–Trinajstić information content (AvgIpc) is 2.91. The molecule has 0 saturated heterocycles. The smallest absolute Gasteiger partial charge is 0.249 e. The SMILES string of the molecule is CCc1ccccc1CSOC1=C(N)OC(c2ccc(C)cc2)C1=O. The van der Waals surface area contributed by atoms with Crippen LogP contribution in [0.1, 0.15) is 35.3 Å². The molecule has 2 aromatic carbocycles. The Morgan fingerprint density at radius 1 is 1.12 bits per heavy atom. The minimum Gasteiger partial charge on any atom is -0.460 e. The van der Waals surface area contributed by atoms with Gasteiger partial charge in [0.15, 0.2) is 6.10 Å². The highest BCUT2D eigenvalue weighted by Crippen LogP contribution is 2.34. The van der Waals surface area contributed by atoms with Crippen LogP contribution in [0.3, 0.4) is 0 Å². The summed E-state index contributed by atoms with van der Waals surface area (Å²) in [6, 6.07) is 15.8. The molecular weight excluding hydrogens is 334 g/mol. The van der Waals surface area contributed by atoms with E-state index in [9.17, 15) is 4.79 Å². The van der Waals surface area contributed by atoms with Crippen LogP contribution in [0.2, 0.25) is 0 Å². The first kappa shape index (κ1) is 17.4. The molecule has 4 nitrogen and oxygen atoms in total. The predicted octanol–water partition coefficient (Wildman–Crippen LogP) is 4.19. The lowest BCUT2D eigenvalue weighted by atomic mass is 10.0. The molecular formula is C20H21NO3S. The van der Waals surface area contributed by atoms with E-state index in [0.29, 0.717) is 5.75 Å². The molecule has 3 rings (SSSR count). The molecule has 0 fully saturated rings. The number of benzene rings is 2. The first-order valence-corrected chi connectivity index (χ1v) is 9.14. The number of hydrogen-bond acceptors (Lipinski definition) is 5. The van der Waals surface area contributed by atoms with Gasteiger partial charge in [0.2, 0.25) is 17.4 Å². The first-order valence-electron chi connectivity index (χ1n) is 8.23. The van der Waals surface area contributed by atoms with E-state index in [-0.39, 0.29) is 17.4 Å². The maximum absolute atomic E-state index is 12.6. The molecule has 0 saturated carbocycles. The van der Waals surface area contributed by atoms with Crippen LogP contribution in [0, 0.1) is 6.92 Å². The molecule has 1 atom stereocenters.